The molecule has 1 aliphatic rings. The standard InChI is InChI=1S/C5H5.Ce/c1-2-4-5-3-1;/h1-3H,4H2;. The molecule has 0 aromatic rings. The van der Waals surface area contributed by atoms with Crippen LogP contribution < -0.4 is 0 Å². The summed E-state index contributed by atoms with van der Waals surface area (Å²) in [7, 11) is 0. The molecule has 1 rings (SSSR count). The Kier molecular flexibility index (Phi) is 1.87. The van der Waals surface area contributed by atoms with Crippen LogP contribution in [0.2, 0.25) is 0 Å². The molecule has 0 aromatic carbocycles. The Morgan fingerprint density at radius 1 is 1.67 bits per heavy atom. The van der Waals surface area contributed by atoms with Crippen molar-refractivity contribution in [2.75, 3.05) is 0 Å². The monoisotopic (exact) mass is 205 g/mol. The molecule has 1 aliphatic carbocycles. The maximum absolute atomic E-state index is 2.20. The van der Waals surface area contributed by atoms with Crippen LogP contribution in [0.1, 0.15) is 6.42 Å². The van der Waals surface area contributed by atoms with Crippen LogP contribution in [0.3, 0.4) is 0 Å². The fraction of sp³-hybridized carbons (Fsp3) is 0.200. The normalized spacial score (nSPS) is 18.2. The number of hydrogen-bond donors (Lipinski definition) is 0. The van der Waals surface area contributed by atoms with Crippen molar-refractivity contribution >= 4 is 0 Å². The van der Waals surface area contributed by atoms with Crippen molar-refractivity contribution in [3.05, 3.63) is 19.3 Å². The summed E-state index contributed by atoms with van der Waals surface area (Å²) < 4.78 is 1.61. The van der Waals surface area contributed by atoms with Crippen LogP contribution in [0.25, 0.3) is 0 Å². The van der Waals surface area contributed by atoms with Crippen molar-refractivity contribution in [2.24, 2.45) is 0 Å². The summed E-state index contributed by atoms with van der Waals surface area (Å²) in [4.78, 5) is 0. The van der Waals surface area contributed by atoms with Gasteiger partial charge in [0.25, 0.3) is 0 Å². The molecule has 6 heavy (non-hydrogen) atoms. The molecular weight excluding hydrogens is 200 g/mol. The van der Waals surface area contributed by atoms with E-state index in [1.807, 2.05) is 0 Å². The van der Waals surface area contributed by atoms with Crippen LogP contribution in [-0.2, 0) is 0 Å². The average molecular weight is 205 g/mol. The van der Waals surface area contributed by atoms with E-state index in [-0.39, 0.29) is 0 Å². The third-order valence-corrected chi connectivity index (χ3v) is 1.94. The minimum absolute atomic E-state index is 1.23. The molecule has 0 nitrogen and oxygen atoms in total. The molecule has 1 heteroatoms. The summed E-state index contributed by atoms with van der Waals surface area (Å²) in [6.07, 6.45) is 7.75. The van der Waals surface area contributed by atoms with E-state index < -0.39 is 0 Å². The Bertz CT molecular complexity index is 101. The molecule has 29 valence electrons. The van der Waals surface area contributed by atoms with Crippen LogP contribution in [0, 0.1) is 39.6 Å². The maximum atomic E-state index is 2.20. The summed E-state index contributed by atoms with van der Waals surface area (Å²) in [5.74, 6) is 0. The summed E-state index contributed by atoms with van der Waals surface area (Å²) >= 11 is 1.25. The fourth-order valence-electron chi connectivity index (χ4n) is 0.447. The van der Waals surface area contributed by atoms with Crippen molar-refractivity contribution < 1.29 is 39.6 Å². The van der Waals surface area contributed by atoms with Gasteiger partial charge >= 0.3 is 65.4 Å². The van der Waals surface area contributed by atoms with Crippen LogP contribution in [-0.4, -0.2) is 0 Å². The third-order valence-electron chi connectivity index (χ3n) is 0.771. The van der Waals surface area contributed by atoms with Gasteiger partial charge in [-0.15, -0.1) is 0 Å². The van der Waals surface area contributed by atoms with Crippen molar-refractivity contribution in [2.45, 2.75) is 6.42 Å². The quantitative estimate of drug-likeness (QED) is 0.560. The average Bonchev–Trinajstić information content (AvgIpc) is 1.86. The Labute approximate surface area is 64.6 Å². The molecular formula is C5H5Ce. The van der Waals surface area contributed by atoms with Gasteiger partial charge in [0.1, 0.15) is 0 Å². The molecule has 0 heterocycles. The molecule has 0 radical (unpaired) electrons. The van der Waals surface area contributed by atoms with Crippen LogP contribution >= 0.6 is 0 Å². The van der Waals surface area contributed by atoms with Crippen LogP contribution in [0.15, 0.2) is 19.3 Å². The Morgan fingerprint density at radius 3 is 2.67 bits per heavy atom. The molecule has 0 aliphatic heterocycles. The zero-order chi connectivity index (χ0) is 4.41. The van der Waals surface area contributed by atoms with Gasteiger partial charge in [-0.25, -0.2) is 0 Å². The van der Waals surface area contributed by atoms with Crippen molar-refractivity contribution in [1.29, 1.82) is 0 Å². The fourth-order valence-corrected chi connectivity index (χ4v) is 1.12. The van der Waals surface area contributed by atoms with Gasteiger partial charge in [0.05, 0.1) is 0 Å². The van der Waals surface area contributed by atoms with E-state index in [1.54, 1.807) is 1.09 Å². The Balaban J connectivity index is 2.61. The number of allylic oxidation sites excluding steroid dienone is 4. The minimum atomic E-state index is 1.23. The molecule has 0 atom stereocenters. The SMILES string of the molecule is [Ce][C]1=CC=CC1. The zero-order valence-electron chi connectivity index (χ0n) is 3.44. The van der Waals surface area contributed by atoms with Gasteiger partial charge in [-0.3, -0.25) is 0 Å². The van der Waals surface area contributed by atoms with E-state index in [1.165, 1.54) is 46.1 Å². The summed E-state index contributed by atoms with van der Waals surface area (Å²) in [6, 6.07) is 0. The Morgan fingerprint density at radius 2 is 2.50 bits per heavy atom. The Hall–Kier alpha value is 0.857. The van der Waals surface area contributed by atoms with Gasteiger partial charge in [-0.2, -0.15) is 0 Å². The topological polar surface area (TPSA) is 0 Å². The molecule has 0 aromatic heterocycles. The molecule has 0 spiro atoms. The molecule has 0 saturated carbocycles. The predicted octanol–water partition coefficient (Wildman–Crippen LogP) is 1.38. The van der Waals surface area contributed by atoms with E-state index in [0.29, 0.717) is 0 Å². The van der Waals surface area contributed by atoms with Gasteiger partial charge in [-0.1, -0.05) is 0 Å². The first-order valence-electron chi connectivity index (χ1n) is 1.97. The first-order chi connectivity index (χ1) is 2.89. The van der Waals surface area contributed by atoms with E-state index in [4.69, 9.17) is 0 Å². The van der Waals surface area contributed by atoms with Crippen LogP contribution in [0.5, 0.6) is 0 Å². The van der Waals surface area contributed by atoms with Gasteiger partial charge < -0.3 is 0 Å². The predicted molar refractivity (Wildman–Crippen MR) is 21.8 cm³/mol. The molecule has 0 bridgehead atoms. The summed E-state index contributed by atoms with van der Waals surface area (Å²) in [6.45, 7) is 0. The number of hydrogen-bond acceptors (Lipinski definition) is 0. The first-order valence-corrected chi connectivity index (χ1v) is 3.54. The van der Waals surface area contributed by atoms with Crippen LogP contribution in [0.4, 0.5) is 0 Å². The molecule has 0 unspecified atom stereocenters. The first kappa shape index (κ1) is 5.00. The second-order valence-corrected chi connectivity index (χ2v) is 3.34. The molecule has 0 saturated heterocycles. The van der Waals surface area contributed by atoms with Gasteiger partial charge in [0, 0.05) is 0 Å². The molecule has 0 amide bonds. The van der Waals surface area contributed by atoms with Gasteiger partial charge in [0.2, 0.25) is 0 Å². The van der Waals surface area contributed by atoms with Gasteiger partial charge in [-0.05, 0) is 0 Å². The summed E-state index contributed by atoms with van der Waals surface area (Å²) in [5, 5.41) is 0. The molecule has 0 N–H and O–H groups in total. The van der Waals surface area contributed by atoms with E-state index in [9.17, 15) is 0 Å². The van der Waals surface area contributed by atoms with Gasteiger partial charge in [0.15, 0.2) is 0 Å². The molecule has 0 fully saturated rings. The number of rotatable bonds is 0. The van der Waals surface area contributed by atoms with E-state index in [0.717, 1.165) is 0 Å². The van der Waals surface area contributed by atoms with E-state index >= 15 is 0 Å². The van der Waals surface area contributed by atoms with E-state index in [2.05, 4.69) is 18.2 Å². The zero-order valence-corrected chi connectivity index (χ0v) is 6.58. The summed E-state index contributed by atoms with van der Waals surface area (Å²) in [5.41, 5.74) is 0. The van der Waals surface area contributed by atoms with Crippen molar-refractivity contribution in [3.63, 3.8) is 0 Å². The van der Waals surface area contributed by atoms with Crippen molar-refractivity contribution in [1.82, 2.24) is 0 Å². The van der Waals surface area contributed by atoms with Crippen molar-refractivity contribution in [3.8, 4) is 0 Å². The second-order valence-electron chi connectivity index (χ2n) is 1.32. The third kappa shape index (κ3) is 1.17. The second kappa shape index (κ2) is 2.24.